The summed E-state index contributed by atoms with van der Waals surface area (Å²) in [4.78, 5) is 20.8. The third-order valence-corrected chi connectivity index (χ3v) is 3.04. The fourth-order valence-corrected chi connectivity index (χ4v) is 2.01. The lowest BCUT2D eigenvalue weighted by Gasteiger charge is -2.08. The first kappa shape index (κ1) is 16.1. The van der Waals surface area contributed by atoms with Crippen LogP contribution in [0.3, 0.4) is 0 Å². The number of ketones is 1. The van der Waals surface area contributed by atoms with E-state index in [4.69, 9.17) is 9.47 Å². The molecule has 116 valence electrons. The van der Waals surface area contributed by atoms with Gasteiger partial charge in [0.05, 0.1) is 13.0 Å². The normalized spacial score (nSPS) is 10.5. The molecule has 0 atom stereocenters. The molecule has 2 aromatic rings. The van der Waals surface area contributed by atoms with E-state index in [1.54, 1.807) is 19.4 Å². The van der Waals surface area contributed by atoms with Crippen LogP contribution in [0.15, 0.2) is 36.5 Å². The fraction of sp³-hybridized carbons (Fsp3) is 0.353. The van der Waals surface area contributed by atoms with Gasteiger partial charge in [-0.05, 0) is 19.1 Å². The van der Waals surface area contributed by atoms with Crippen molar-refractivity contribution < 1.29 is 14.3 Å². The van der Waals surface area contributed by atoms with Gasteiger partial charge < -0.3 is 9.47 Å². The summed E-state index contributed by atoms with van der Waals surface area (Å²) in [5.74, 6) is 0.595. The molecule has 0 unspecified atom stereocenters. The summed E-state index contributed by atoms with van der Waals surface area (Å²) in [6.07, 6.45) is 2.71. The van der Waals surface area contributed by atoms with Crippen molar-refractivity contribution in [3.8, 4) is 5.75 Å². The molecule has 0 amide bonds. The largest absolute Gasteiger partial charge is 0.493 e. The number of aryl methyl sites for hydroxylation is 1. The number of aromatic nitrogens is 2. The van der Waals surface area contributed by atoms with E-state index >= 15 is 0 Å². The fourth-order valence-electron chi connectivity index (χ4n) is 2.01. The highest BCUT2D eigenvalue weighted by Crippen LogP contribution is 2.16. The molecule has 0 radical (unpaired) electrons. The van der Waals surface area contributed by atoms with E-state index in [-0.39, 0.29) is 12.2 Å². The molecule has 0 aliphatic carbocycles. The predicted octanol–water partition coefficient (Wildman–Crippen LogP) is 2.63. The first-order valence-corrected chi connectivity index (χ1v) is 7.22. The summed E-state index contributed by atoms with van der Waals surface area (Å²) in [6, 6.07) is 9.03. The Morgan fingerprint density at radius 3 is 2.82 bits per heavy atom. The third kappa shape index (κ3) is 4.93. The van der Waals surface area contributed by atoms with Gasteiger partial charge in [0.1, 0.15) is 11.4 Å². The number of methoxy groups -OCH3 is 1. The van der Waals surface area contributed by atoms with Gasteiger partial charge in [0.25, 0.3) is 0 Å². The minimum absolute atomic E-state index is 0.0656. The van der Waals surface area contributed by atoms with Gasteiger partial charge in [-0.3, -0.25) is 9.78 Å². The summed E-state index contributed by atoms with van der Waals surface area (Å²) in [5, 5.41) is 0. The Morgan fingerprint density at radius 2 is 2.09 bits per heavy atom. The standard InChI is InChI=1S/C17H20N2O3/c1-13-10-15(22-9-5-8-21-2)12-16(19-13)17(20)11-14-6-3-4-7-18-14/h3-4,6-7,10,12H,5,8-9,11H2,1-2H3. The lowest BCUT2D eigenvalue weighted by atomic mass is 10.1. The summed E-state index contributed by atoms with van der Waals surface area (Å²) < 4.78 is 10.6. The Bertz CT molecular complexity index is 615. The first-order chi connectivity index (χ1) is 10.7. The van der Waals surface area contributed by atoms with E-state index in [1.165, 1.54) is 0 Å². The number of carbonyl (C=O) groups excluding carboxylic acids is 1. The highest BCUT2D eigenvalue weighted by molar-refractivity contribution is 5.95. The molecule has 2 aromatic heterocycles. The molecule has 0 aliphatic rings. The van der Waals surface area contributed by atoms with Gasteiger partial charge in [-0.25, -0.2) is 4.98 Å². The predicted molar refractivity (Wildman–Crippen MR) is 83.2 cm³/mol. The summed E-state index contributed by atoms with van der Waals surface area (Å²) in [7, 11) is 1.66. The zero-order valence-electron chi connectivity index (χ0n) is 12.9. The second-order valence-corrected chi connectivity index (χ2v) is 4.95. The molecule has 0 aromatic carbocycles. The van der Waals surface area contributed by atoms with E-state index in [1.807, 2.05) is 31.2 Å². The van der Waals surface area contributed by atoms with Crippen molar-refractivity contribution in [1.82, 2.24) is 9.97 Å². The van der Waals surface area contributed by atoms with Crippen LogP contribution in [0.25, 0.3) is 0 Å². The van der Waals surface area contributed by atoms with Crippen LogP contribution < -0.4 is 4.74 Å². The van der Waals surface area contributed by atoms with Crippen molar-refractivity contribution >= 4 is 5.78 Å². The monoisotopic (exact) mass is 300 g/mol. The number of carbonyl (C=O) groups is 1. The second kappa shape index (κ2) is 8.24. The van der Waals surface area contributed by atoms with Gasteiger partial charge in [0.15, 0.2) is 5.78 Å². The lowest BCUT2D eigenvalue weighted by Crippen LogP contribution is -2.09. The van der Waals surface area contributed by atoms with E-state index < -0.39 is 0 Å². The average molecular weight is 300 g/mol. The number of nitrogens with zero attached hydrogens (tertiary/aromatic N) is 2. The van der Waals surface area contributed by atoms with Gasteiger partial charge in [-0.2, -0.15) is 0 Å². The molecule has 0 saturated carbocycles. The van der Waals surface area contributed by atoms with Crippen LogP contribution in [0, 0.1) is 6.92 Å². The molecule has 0 spiro atoms. The molecule has 0 fully saturated rings. The minimum atomic E-state index is -0.0656. The Balaban J connectivity index is 2.03. The number of ether oxygens (including phenoxy) is 2. The second-order valence-electron chi connectivity index (χ2n) is 4.95. The maximum Gasteiger partial charge on any atom is 0.187 e. The van der Waals surface area contributed by atoms with E-state index in [2.05, 4.69) is 9.97 Å². The number of rotatable bonds is 8. The smallest absolute Gasteiger partial charge is 0.187 e. The molecular formula is C17H20N2O3. The van der Waals surface area contributed by atoms with Crippen molar-refractivity contribution in [2.75, 3.05) is 20.3 Å². The van der Waals surface area contributed by atoms with E-state index in [9.17, 15) is 4.79 Å². The quantitative estimate of drug-likeness (QED) is 0.554. The third-order valence-electron chi connectivity index (χ3n) is 3.04. The number of pyridine rings is 2. The van der Waals surface area contributed by atoms with Crippen molar-refractivity contribution in [3.05, 3.63) is 53.6 Å². The topological polar surface area (TPSA) is 61.3 Å². The van der Waals surface area contributed by atoms with Crippen LogP contribution in [0.4, 0.5) is 0 Å². The molecule has 0 bridgehead atoms. The van der Waals surface area contributed by atoms with Crippen LogP contribution in [0.1, 0.15) is 28.3 Å². The van der Waals surface area contributed by atoms with Crippen molar-refractivity contribution in [3.63, 3.8) is 0 Å². The molecule has 0 saturated heterocycles. The zero-order valence-corrected chi connectivity index (χ0v) is 12.9. The van der Waals surface area contributed by atoms with Gasteiger partial charge >= 0.3 is 0 Å². The zero-order chi connectivity index (χ0) is 15.8. The van der Waals surface area contributed by atoms with Crippen molar-refractivity contribution in [2.45, 2.75) is 19.8 Å². The van der Waals surface area contributed by atoms with Gasteiger partial charge in [0, 0.05) is 49.9 Å². The van der Waals surface area contributed by atoms with Crippen LogP contribution in [0.2, 0.25) is 0 Å². The maximum absolute atomic E-state index is 12.3. The van der Waals surface area contributed by atoms with Crippen LogP contribution >= 0.6 is 0 Å². The summed E-state index contributed by atoms with van der Waals surface area (Å²) in [6.45, 7) is 3.04. The number of Topliss-reactive ketones (excluding diaryl/α,β-unsaturated/α-hetero) is 1. The van der Waals surface area contributed by atoms with Crippen molar-refractivity contribution in [1.29, 1.82) is 0 Å². The van der Waals surface area contributed by atoms with E-state index in [0.29, 0.717) is 24.7 Å². The SMILES string of the molecule is COCCCOc1cc(C)nc(C(=O)Cc2ccccn2)c1. The lowest BCUT2D eigenvalue weighted by molar-refractivity contribution is 0.0986. The molecule has 5 heteroatoms. The molecule has 5 nitrogen and oxygen atoms in total. The molecular weight excluding hydrogens is 280 g/mol. The minimum Gasteiger partial charge on any atom is -0.493 e. The summed E-state index contributed by atoms with van der Waals surface area (Å²) in [5.41, 5.74) is 1.90. The molecule has 2 rings (SSSR count). The van der Waals surface area contributed by atoms with Gasteiger partial charge in [-0.15, -0.1) is 0 Å². The molecule has 2 heterocycles. The Morgan fingerprint density at radius 1 is 1.23 bits per heavy atom. The van der Waals surface area contributed by atoms with Crippen LogP contribution in [-0.2, 0) is 11.2 Å². The maximum atomic E-state index is 12.3. The van der Waals surface area contributed by atoms with E-state index in [0.717, 1.165) is 17.8 Å². The van der Waals surface area contributed by atoms with Crippen molar-refractivity contribution in [2.24, 2.45) is 0 Å². The Kier molecular flexibility index (Phi) is 6.03. The van der Waals surface area contributed by atoms with Crippen LogP contribution in [-0.4, -0.2) is 36.1 Å². The van der Waals surface area contributed by atoms with Gasteiger partial charge in [0.2, 0.25) is 0 Å². The highest BCUT2D eigenvalue weighted by atomic mass is 16.5. The summed E-state index contributed by atoms with van der Waals surface area (Å²) >= 11 is 0. The van der Waals surface area contributed by atoms with Gasteiger partial charge in [-0.1, -0.05) is 6.07 Å². The number of hydrogen-bond acceptors (Lipinski definition) is 5. The molecule has 0 N–H and O–H groups in total. The Labute approximate surface area is 130 Å². The molecule has 0 aliphatic heterocycles. The first-order valence-electron chi connectivity index (χ1n) is 7.22. The van der Waals surface area contributed by atoms with Crippen LogP contribution in [0.5, 0.6) is 5.75 Å². The number of hydrogen-bond donors (Lipinski definition) is 0. The highest BCUT2D eigenvalue weighted by Gasteiger charge is 2.11. The molecule has 22 heavy (non-hydrogen) atoms. The average Bonchev–Trinajstić information content (AvgIpc) is 2.52. The Hall–Kier alpha value is -2.27.